The number of thiophene rings is 1. The van der Waals surface area contributed by atoms with E-state index >= 15 is 0 Å². The first kappa shape index (κ1) is 14.1. The predicted molar refractivity (Wildman–Crippen MR) is 85.2 cm³/mol. The minimum absolute atomic E-state index is 0.393. The summed E-state index contributed by atoms with van der Waals surface area (Å²) >= 11 is 1.59. The first-order valence-electron chi connectivity index (χ1n) is 7.13. The Balaban J connectivity index is 1.71. The number of nitrogens with zero attached hydrogens (tertiary/aromatic N) is 5. The van der Waals surface area contributed by atoms with Gasteiger partial charge in [-0.1, -0.05) is 0 Å². The lowest BCUT2D eigenvalue weighted by Crippen LogP contribution is -2.48. The molecule has 0 spiro atoms. The van der Waals surface area contributed by atoms with Crippen LogP contribution in [0.4, 0.5) is 5.82 Å². The standard InChI is InChI=1S/C14H14N6O2S/c15-13(21)10-7-19(4-5-22-10)12-2-1-11-16-17-14(20(11)18-12)9-3-6-23-8-9/h1-3,6,8,10H,4-5,7H2,(H2,15,21). The van der Waals surface area contributed by atoms with Crippen molar-refractivity contribution in [3.05, 3.63) is 29.0 Å². The number of nitrogens with two attached hydrogens (primary N) is 1. The van der Waals surface area contributed by atoms with Crippen molar-refractivity contribution in [2.75, 3.05) is 24.6 Å². The van der Waals surface area contributed by atoms with Gasteiger partial charge >= 0.3 is 0 Å². The van der Waals surface area contributed by atoms with E-state index < -0.39 is 12.0 Å². The zero-order chi connectivity index (χ0) is 15.8. The van der Waals surface area contributed by atoms with Gasteiger partial charge in [-0.05, 0) is 23.6 Å². The van der Waals surface area contributed by atoms with E-state index in [4.69, 9.17) is 10.5 Å². The SMILES string of the molecule is NC(=O)C1CN(c2ccc3nnc(-c4ccsc4)n3n2)CCO1. The Morgan fingerprint density at radius 2 is 2.26 bits per heavy atom. The highest BCUT2D eigenvalue weighted by atomic mass is 32.1. The van der Waals surface area contributed by atoms with E-state index in [0.29, 0.717) is 31.2 Å². The van der Waals surface area contributed by atoms with Crippen molar-refractivity contribution in [2.45, 2.75) is 6.10 Å². The van der Waals surface area contributed by atoms with Gasteiger partial charge in [0, 0.05) is 17.5 Å². The van der Waals surface area contributed by atoms with Crippen LogP contribution >= 0.6 is 11.3 Å². The smallest absolute Gasteiger partial charge is 0.248 e. The van der Waals surface area contributed by atoms with Crippen LogP contribution in [0.25, 0.3) is 17.0 Å². The van der Waals surface area contributed by atoms with E-state index in [1.54, 1.807) is 15.9 Å². The van der Waals surface area contributed by atoms with Crippen LogP contribution in [-0.2, 0) is 9.53 Å². The minimum Gasteiger partial charge on any atom is -0.367 e. The van der Waals surface area contributed by atoms with Crippen molar-refractivity contribution >= 4 is 28.7 Å². The molecule has 1 aliphatic heterocycles. The van der Waals surface area contributed by atoms with Gasteiger partial charge in [-0.3, -0.25) is 4.79 Å². The van der Waals surface area contributed by atoms with Crippen LogP contribution in [0.1, 0.15) is 0 Å². The van der Waals surface area contributed by atoms with Crippen LogP contribution in [0, 0.1) is 0 Å². The van der Waals surface area contributed by atoms with Gasteiger partial charge in [-0.2, -0.15) is 15.9 Å². The third-order valence-electron chi connectivity index (χ3n) is 3.74. The molecule has 0 aliphatic carbocycles. The molecule has 0 bridgehead atoms. The van der Waals surface area contributed by atoms with Crippen LogP contribution in [0.5, 0.6) is 0 Å². The summed E-state index contributed by atoms with van der Waals surface area (Å²) in [6.07, 6.45) is -0.612. The van der Waals surface area contributed by atoms with E-state index in [1.807, 2.05) is 33.9 Å². The number of fused-ring (bicyclic) bond motifs is 1. The molecule has 118 valence electrons. The fourth-order valence-corrected chi connectivity index (χ4v) is 3.18. The van der Waals surface area contributed by atoms with Crippen molar-refractivity contribution in [3.8, 4) is 11.4 Å². The van der Waals surface area contributed by atoms with Crippen molar-refractivity contribution in [1.29, 1.82) is 0 Å². The Kier molecular flexibility index (Phi) is 3.43. The van der Waals surface area contributed by atoms with Gasteiger partial charge in [0.05, 0.1) is 13.2 Å². The molecule has 1 atom stereocenters. The molecule has 0 aromatic carbocycles. The van der Waals surface area contributed by atoms with Gasteiger partial charge in [0.25, 0.3) is 0 Å². The maximum absolute atomic E-state index is 11.3. The van der Waals surface area contributed by atoms with Crippen LogP contribution in [-0.4, -0.2) is 51.5 Å². The Morgan fingerprint density at radius 3 is 3.04 bits per heavy atom. The molecule has 3 aromatic rings. The predicted octanol–water partition coefficient (Wildman–Crippen LogP) is 0.543. The fourth-order valence-electron chi connectivity index (χ4n) is 2.55. The Bertz CT molecular complexity index is 846. The topological polar surface area (TPSA) is 98.6 Å². The van der Waals surface area contributed by atoms with Crippen LogP contribution < -0.4 is 10.6 Å². The molecule has 1 fully saturated rings. The second-order valence-electron chi connectivity index (χ2n) is 5.20. The number of morpholine rings is 1. The number of carbonyl (C=O) groups is 1. The van der Waals surface area contributed by atoms with Crippen LogP contribution in [0.2, 0.25) is 0 Å². The van der Waals surface area contributed by atoms with E-state index in [-0.39, 0.29) is 0 Å². The highest BCUT2D eigenvalue weighted by Gasteiger charge is 2.26. The van der Waals surface area contributed by atoms with Crippen molar-refractivity contribution in [1.82, 2.24) is 19.8 Å². The summed E-state index contributed by atoms with van der Waals surface area (Å²) in [5.41, 5.74) is 6.99. The largest absolute Gasteiger partial charge is 0.367 e. The lowest BCUT2D eigenvalue weighted by atomic mass is 10.2. The minimum atomic E-state index is -0.612. The maximum Gasteiger partial charge on any atom is 0.248 e. The van der Waals surface area contributed by atoms with E-state index in [2.05, 4.69) is 15.3 Å². The quantitative estimate of drug-likeness (QED) is 0.753. The molecule has 1 amide bonds. The van der Waals surface area contributed by atoms with Gasteiger partial charge in [-0.25, -0.2) is 0 Å². The van der Waals surface area contributed by atoms with Crippen LogP contribution in [0.3, 0.4) is 0 Å². The van der Waals surface area contributed by atoms with Gasteiger partial charge in [0.1, 0.15) is 5.82 Å². The average molecular weight is 330 g/mol. The molecule has 2 N–H and O–H groups in total. The van der Waals surface area contributed by atoms with Gasteiger partial charge in [-0.15, -0.1) is 15.3 Å². The third kappa shape index (κ3) is 2.53. The Labute approximate surface area is 135 Å². The third-order valence-corrected chi connectivity index (χ3v) is 4.42. The second kappa shape index (κ2) is 5.60. The number of ether oxygens (including phenoxy) is 1. The van der Waals surface area contributed by atoms with E-state index in [0.717, 1.165) is 11.4 Å². The van der Waals surface area contributed by atoms with Gasteiger partial charge < -0.3 is 15.4 Å². The highest BCUT2D eigenvalue weighted by Crippen LogP contribution is 2.22. The normalized spacial score (nSPS) is 18.4. The zero-order valence-corrected chi connectivity index (χ0v) is 12.9. The van der Waals surface area contributed by atoms with Crippen molar-refractivity contribution in [2.24, 2.45) is 5.73 Å². The number of hydrogen-bond acceptors (Lipinski definition) is 7. The molecule has 0 radical (unpaired) electrons. The highest BCUT2D eigenvalue weighted by molar-refractivity contribution is 7.08. The summed E-state index contributed by atoms with van der Waals surface area (Å²) in [6, 6.07) is 5.71. The van der Waals surface area contributed by atoms with E-state index in [1.165, 1.54) is 0 Å². The van der Waals surface area contributed by atoms with Gasteiger partial charge in [0.2, 0.25) is 5.91 Å². The second-order valence-corrected chi connectivity index (χ2v) is 5.99. The molecule has 4 rings (SSSR count). The number of anilines is 1. The lowest BCUT2D eigenvalue weighted by Gasteiger charge is -2.31. The summed E-state index contributed by atoms with van der Waals surface area (Å²) in [6.45, 7) is 1.48. The number of rotatable bonds is 3. The van der Waals surface area contributed by atoms with Crippen LogP contribution in [0.15, 0.2) is 29.0 Å². The molecule has 0 saturated carbocycles. The number of amides is 1. The average Bonchev–Trinajstić information content (AvgIpc) is 3.23. The molecule has 3 aromatic heterocycles. The van der Waals surface area contributed by atoms with Crippen molar-refractivity contribution in [3.63, 3.8) is 0 Å². The summed E-state index contributed by atoms with van der Waals surface area (Å²) in [4.78, 5) is 13.3. The Hall–Kier alpha value is -2.52. The first-order valence-corrected chi connectivity index (χ1v) is 8.07. The number of carbonyl (C=O) groups excluding carboxylic acids is 1. The molecule has 4 heterocycles. The molecule has 1 unspecified atom stereocenters. The van der Waals surface area contributed by atoms with E-state index in [9.17, 15) is 4.79 Å². The molecular formula is C14H14N6O2S. The molecule has 9 heteroatoms. The number of primary amides is 1. The molecule has 1 aliphatic rings. The Morgan fingerprint density at radius 1 is 1.35 bits per heavy atom. The summed E-state index contributed by atoms with van der Waals surface area (Å²) in [7, 11) is 0. The molecule has 23 heavy (non-hydrogen) atoms. The fraction of sp³-hybridized carbons (Fsp3) is 0.286. The van der Waals surface area contributed by atoms with Crippen molar-refractivity contribution < 1.29 is 9.53 Å². The zero-order valence-electron chi connectivity index (χ0n) is 12.1. The first-order chi connectivity index (χ1) is 11.2. The monoisotopic (exact) mass is 330 g/mol. The summed E-state index contributed by atoms with van der Waals surface area (Å²) in [5, 5.41) is 17.0. The summed E-state index contributed by atoms with van der Waals surface area (Å²) < 4.78 is 7.09. The number of hydrogen-bond donors (Lipinski definition) is 1. The van der Waals surface area contributed by atoms with Gasteiger partial charge in [0.15, 0.2) is 17.6 Å². The maximum atomic E-state index is 11.3. The molecule has 1 saturated heterocycles. The molecular weight excluding hydrogens is 316 g/mol. The number of aromatic nitrogens is 4. The summed E-state index contributed by atoms with van der Waals surface area (Å²) in [5.74, 6) is 0.977. The lowest BCUT2D eigenvalue weighted by molar-refractivity contribution is -0.130. The molecule has 8 nitrogen and oxygen atoms in total.